The highest BCUT2D eigenvalue weighted by molar-refractivity contribution is 5.69. The van der Waals surface area contributed by atoms with Gasteiger partial charge in [0.25, 0.3) is 0 Å². The van der Waals surface area contributed by atoms with Gasteiger partial charge < -0.3 is 19.7 Å². The lowest BCUT2D eigenvalue weighted by atomic mass is 10.0. The molecule has 31 heavy (non-hydrogen) atoms. The maximum atomic E-state index is 12.2. The Labute approximate surface area is 190 Å². The van der Waals surface area contributed by atoms with Gasteiger partial charge in [-0.2, -0.15) is 0 Å². The third-order valence-electron chi connectivity index (χ3n) is 5.57. The highest BCUT2D eigenvalue weighted by Crippen LogP contribution is 2.17. The van der Waals surface area contributed by atoms with E-state index in [1.807, 2.05) is 0 Å². The molecule has 0 aromatic heterocycles. The van der Waals surface area contributed by atoms with Gasteiger partial charge in [0, 0.05) is 18.8 Å². The van der Waals surface area contributed by atoms with Crippen LogP contribution in [0.4, 0.5) is 0 Å². The van der Waals surface area contributed by atoms with Crippen LogP contribution in [-0.2, 0) is 19.1 Å². The molecule has 0 aromatic carbocycles. The van der Waals surface area contributed by atoms with E-state index in [-0.39, 0.29) is 37.9 Å². The summed E-state index contributed by atoms with van der Waals surface area (Å²) in [5.74, 6) is -0.799. The summed E-state index contributed by atoms with van der Waals surface area (Å²) in [5, 5.41) is 17.9. The molecule has 0 aliphatic carbocycles. The molecular weight excluding hydrogens is 396 g/mol. The first kappa shape index (κ1) is 29.9. The lowest BCUT2D eigenvalue weighted by molar-refractivity contribution is -0.150. The summed E-state index contributed by atoms with van der Waals surface area (Å²) in [4.78, 5) is 23.9. The van der Waals surface area contributed by atoms with Crippen molar-refractivity contribution in [3.63, 3.8) is 0 Å². The van der Waals surface area contributed by atoms with Gasteiger partial charge in [0.05, 0.1) is 19.8 Å². The average Bonchev–Trinajstić information content (AvgIpc) is 2.77. The number of hydrogen-bond donors (Lipinski definition) is 2. The lowest BCUT2D eigenvalue weighted by Crippen LogP contribution is -2.20. The molecule has 2 N–H and O–H groups in total. The number of hydrogen-bond acceptors (Lipinski definition) is 6. The number of carbonyl (C=O) groups is 2. The van der Waals surface area contributed by atoms with Crippen molar-refractivity contribution in [2.45, 2.75) is 123 Å². The molecule has 0 aromatic rings. The van der Waals surface area contributed by atoms with E-state index in [0.29, 0.717) is 19.3 Å². The van der Waals surface area contributed by atoms with Crippen molar-refractivity contribution < 1.29 is 29.3 Å². The van der Waals surface area contributed by atoms with Crippen LogP contribution in [0.3, 0.4) is 0 Å². The molecule has 0 bridgehead atoms. The van der Waals surface area contributed by atoms with Crippen molar-refractivity contribution in [2.75, 3.05) is 19.8 Å². The van der Waals surface area contributed by atoms with E-state index in [2.05, 4.69) is 13.8 Å². The van der Waals surface area contributed by atoms with Crippen molar-refractivity contribution in [3.05, 3.63) is 0 Å². The molecule has 0 heterocycles. The molecule has 0 aliphatic heterocycles. The van der Waals surface area contributed by atoms with Crippen LogP contribution >= 0.6 is 0 Å². The minimum absolute atomic E-state index is 0.0513. The van der Waals surface area contributed by atoms with E-state index in [4.69, 9.17) is 19.7 Å². The number of ether oxygens (including phenoxy) is 2. The number of unbranched alkanes of at least 4 members (excludes halogenated alkanes) is 9. The van der Waals surface area contributed by atoms with Gasteiger partial charge in [-0.15, -0.1) is 0 Å². The molecular formula is C25H48O6. The van der Waals surface area contributed by atoms with Crippen LogP contribution in [0.5, 0.6) is 0 Å². The van der Waals surface area contributed by atoms with Crippen molar-refractivity contribution in [1.29, 1.82) is 0 Å². The number of rotatable bonds is 22. The van der Waals surface area contributed by atoms with Gasteiger partial charge in [-0.1, -0.05) is 65.2 Å². The summed E-state index contributed by atoms with van der Waals surface area (Å²) in [5.41, 5.74) is 0. The van der Waals surface area contributed by atoms with Gasteiger partial charge >= 0.3 is 11.9 Å². The summed E-state index contributed by atoms with van der Waals surface area (Å²) in [6.07, 6.45) is 15.6. The maximum Gasteiger partial charge on any atom is 0.306 e. The fraction of sp³-hybridized carbons (Fsp3) is 0.920. The Hall–Kier alpha value is -1.14. The molecule has 0 amide bonds. The zero-order chi connectivity index (χ0) is 23.2. The van der Waals surface area contributed by atoms with E-state index in [9.17, 15) is 9.59 Å². The first-order valence-corrected chi connectivity index (χ1v) is 12.6. The van der Waals surface area contributed by atoms with E-state index < -0.39 is 5.92 Å². The number of aliphatic hydroxyl groups is 2. The van der Waals surface area contributed by atoms with Gasteiger partial charge in [-0.25, -0.2) is 0 Å². The van der Waals surface area contributed by atoms with Crippen LogP contribution in [0.2, 0.25) is 0 Å². The molecule has 0 rings (SSSR count). The Morgan fingerprint density at radius 3 is 1.65 bits per heavy atom. The predicted molar refractivity (Wildman–Crippen MR) is 124 cm³/mol. The Morgan fingerprint density at radius 1 is 0.677 bits per heavy atom. The highest BCUT2D eigenvalue weighted by Gasteiger charge is 2.14. The largest absolute Gasteiger partial charge is 0.465 e. The smallest absolute Gasteiger partial charge is 0.306 e. The summed E-state index contributed by atoms with van der Waals surface area (Å²) < 4.78 is 10.8. The molecule has 0 unspecified atom stereocenters. The Bertz CT molecular complexity index is 410. The third kappa shape index (κ3) is 19.3. The van der Waals surface area contributed by atoms with E-state index in [1.54, 1.807) is 0 Å². The molecule has 6 nitrogen and oxygen atoms in total. The summed E-state index contributed by atoms with van der Waals surface area (Å²) >= 11 is 0. The maximum absolute atomic E-state index is 12.2. The SMILES string of the molecule is CCCCCCC(CCCCCC)OC(=O)CCCCCCC(=O)OCC(CO)CO. The third-order valence-corrected chi connectivity index (χ3v) is 5.57. The zero-order valence-corrected chi connectivity index (χ0v) is 20.1. The second kappa shape index (κ2) is 22.1. The molecule has 184 valence electrons. The summed E-state index contributed by atoms with van der Waals surface area (Å²) in [6.45, 7) is 4.07. The van der Waals surface area contributed by atoms with Crippen LogP contribution in [-0.4, -0.2) is 48.1 Å². The first-order valence-electron chi connectivity index (χ1n) is 12.6. The minimum Gasteiger partial charge on any atom is -0.465 e. The number of carbonyl (C=O) groups excluding carboxylic acids is 2. The zero-order valence-electron chi connectivity index (χ0n) is 20.1. The Balaban J connectivity index is 3.92. The second-order valence-electron chi connectivity index (χ2n) is 8.64. The molecule has 0 radical (unpaired) electrons. The average molecular weight is 445 g/mol. The fourth-order valence-electron chi connectivity index (χ4n) is 3.44. The van der Waals surface area contributed by atoms with Crippen LogP contribution in [0, 0.1) is 5.92 Å². The second-order valence-corrected chi connectivity index (χ2v) is 8.64. The number of esters is 2. The predicted octanol–water partition coefficient (Wildman–Crippen LogP) is 5.32. The number of aliphatic hydroxyl groups excluding tert-OH is 2. The summed E-state index contributed by atoms with van der Waals surface area (Å²) in [7, 11) is 0. The van der Waals surface area contributed by atoms with Crippen LogP contribution in [0.1, 0.15) is 117 Å². The molecule has 0 fully saturated rings. The topological polar surface area (TPSA) is 93.1 Å². The van der Waals surface area contributed by atoms with E-state index in [1.165, 1.54) is 38.5 Å². The quantitative estimate of drug-likeness (QED) is 0.173. The van der Waals surface area contributed by atoms with Crippen molar-refractivity contribution in [2.24, 2.45) is 5.92 Å². The minimum atomic E-state index is -0.405. The van der Waals surface area contributed by atoms with Gasteiger partial charge in [0.1, 0.15) is 6.10 Å². The molecule has 0 saturated heterocycles. The van der Waals surface area contributed by atoms with Crippen LogP contribution in [0.15, 0.2) is 0 Å². The fourth-order valence-corrected chi connectivity index (χ4v) is 3.44. The van der Waals surface area contributed by atoms with Gasteiger partial charge in [0.2, 0.25) is 0 Å². The van der Waals surface area contributed by atoms with E-state index in [0.717, 1.165) is 44.9 Å². The molecule has 0 spiro atoms. The van der Waals surface area contributed by atoms with Crippen molar-refractivity contribution in [3.8, 4) is 0 Å². The molecule has 0 saturated carbocycles. The highest BCUT2D eigenvalue weighted by atomic mass is 16.5. The van der Waals surface area contributed by atoms with Gasteiger partial charge in [0.15, 0.2) is 0 Å². The molecule has 0 aliphatic rings. The summed E-state index contributed by atoms with van der Waals surface area (Å²) in [6, 6.07) is 0. The lowest BCUT2D eigenvalue weighted by Gasteiger charge is -2.18. The normalized spacial score (nSPS) is 11.3. The van der Waals surface area contributed by atoms with Gasteiger partial charge in [-0.3, -0.25) is 9.59 Å². The molecule has 0 atom stereocenters. The van der Waals surface area contributed by atoms with Crippen molar-refractivity contribution >= 4 is 11.9 Å². The van der Waals surface area contributed by atoms with Crippen LogP contribution in [0.25, 0.3) is 0 Å². The molecule has 6 heteroatoms. The first-order chi connectivity index (χ1) is 15.1. The van der Waals surface area contributed by atoms with E-state index >= 15 is 0 Å². The van der Waals surface area contributed by atoms with Crippen LogP contribution < -0.4 is 0 Å². The standard InChI is InChI=1S/C25H48O6/c1-3-5-7-11-15-23(16-12-8-6-4-2)31-25(29)18-14-10-9-13-17-24(28)30-21-22(19-26)20-27/h22-23,26-27H,3-21H2,1-2H3. The Morgan fingerprint density at radius 2 is 1.16 bits per heavy atom. The van der Waals surface area contributed by atoms with Crippen molar-refractivity contribution in [1.82, 2.24) is 0 Å². The Kier molecular flexibility index (Phi) is 21.3. The monoisotopic (exact) mass is 444 g/mol. The van der Waals surface area contributed by atoms with Gasteiger partial charge in [-0.05, 0) is 38.5 Å².